The number of rotatable bonds is 3. The Kier molecular flexibility index (Phi) is 3.61. The number of fused-ring (bicyclic) bond motifs is 1. The van der Waals surface area contributed by atoms with Gasteiger partial charge in [-0.15, -0.1) is 0 Å². The molecular formula is C13H12F3NO3. The molecule has 2 aromatic rings. The number of nitrogens with one attached hydrogen (secondary N) is 1. The minimum atomic E-state index is -4.62. The van der Waals surface area contributed by atoms with Gasteiger partial charge in [-0.1, -0.05) is 6.92 Å². The average Bonchev–Trinajstić information content (AvgIpc) is 2.79. The first kappa shape index (κ1) is 14.2. The van der Waals surface area contributed by atoms with Crippen molar-refractivity contribution in [3.8, 4) is 11.5 Å². The van der Waals surface area contributed by atoms with Crippen molar-refractivity contribution in [3.63, 3.8) is 0 Å². The van der Waals surface area contributed by atoms with E-state index in [1.807, 2.05) is 0 Å². The van der Waals surface area contributed by atoms with Crippen LogP contribution in [0.4, 0.5) is 13.2 Å². The van der Waals surface area contributed by atoms with Crippen LogP contribution in [0.1, 0.15) is 18.9 Å². The van der Waals surface area contributed by atoms with Gasteiger partial charge >= 0.3 is 12.1 Å². The highest BCUT2D eigenvalue weighted by Crippen LogP contribution is 2.44. The van der Waals surface area contributed by atoms with Crippen molar-refractivity contribution < 1.29 is 27.4 Å². The summed E-state index contributed by atoms with van der Waals surface area (Å²) in [6.07, 6.45) is -3.33. The lowest BCUT2D eigenvalue weighted by atomic mass is 10.1. The van der Waals surface area contributed by atoms with Crippen LogP contribution in [0.25, 0.3) is 10.9 Å². The molecule has 0 aliphatic rings. The van der Waals surface area contributed by atoms with Gasteiger partial charge in [-0.2, -0.15) is 13.2 Å². The molecule has 0 bridgehead atoms. The van der Waals surface area contributed by atoms with Crippen molar-refractivity contribution in [2.75, 3.05) is 7.11 Å². The minimum absolute atomic E-state index is 0.0675. The molecule has 108 valence electrons. The van der Waals surface area contributed by atoms with Gasteiger partial charge in [0.15, 0.2) is 5.75 Å². The van der Waals surface area contributed by atoms with E-state index in [1.165, 1.54) is 18.3 Å². The molecule has 1 aromatic heterocycles. The van der Waals surface area contributed by atoms with Crippen LogP contribution in [0, 0.1) is 0 Å². The number of hydrogen-bond donors (Lipinski definition) is 1. The number of halogens is 3. The van der Waals surface area contributed by atoms with E-state index in [9.17, 15) is 18.0 Å². The van der Waals surface area contributed by atoms with Crippen LogP contribution in [0.3, 0.4) is 0 Å². The second kappa shape index (κ2) is 5.07. The normalized spacial score (nSPS) is 11.7. The fourth-order valence-electron chi connectivity index (χ4n) is 1.90. The maximum absolute atomic E-state index is 13.2. The SMILES string of the molecule is CCC(=O)Oc1c[nH]c2ccc(OC)c(C(F)(F)F)c12. The molecular weight excluding hydrogens is 275 g/mol. The molecule has 4 nitrogen and oxygen atoms in total. The Balaban J connectivity index is 2.70. The van der Waals surface area contributed by atoms with E-state index in [2.05, 4.69) is 4.98 Å². The van der Waals surface area contributed by atoms with Gasteiger partial charge in [0.2, 0.25) is 0 Å². The number of carbonyl (C=O) groups is 1. The van der Waals surface area contributed by atoms with E-state index in [0.717, 1.165) is 7.11 Å². The largest absolute Gasteiger partial charge is 0.496 e. The van der Waals surface area contributed by atoms with E-state index < -0.39 is 17.7 Å². The molecule has 0 fully saturated rings. The third-order valence-electron chi connectivity index (χ3n) is 2.79. The molecule has 7 heteroatoms. The summed E-state index contributed by atoms with van der Waals surface area (Å²) in [4.78, 5) is 13.9. The maximum atomic E-state index is 13.2. The summed E-state index contributed by atoms with van der Waals surface area (Å²) in [6, 6.07) is 2.65. The molecule has 1 heterocycles. The van der Waals surface area contributed by atoms with E-state index >= 15 is 0 Å². The van der Waals surface area contributed by atoms with Crippen LogP contribution in [0.15, 0.2) is 18.3 Å². The second-order valence-corrected chi connectivity index (χ2v) is 4.04. The number of esters is 1. The third-order valence-corrected chi connectivity index (χ3v) is 2.79. The molecule has 0 aliphatic heterocycles. The maximum Gasteiger partial charge on any atom is 0.420 e. The molecule has 0 spiro atoms. The third kappa shape index (κ3) is 2.43. The number of hydrogen-bond acceptors (Lipinski definition) is 3. The first-order chi connectivity index (χ1) is 9.38. The van der Waals surface area contributed by atoms with Gasteiger partial charge < -0.3 is 14.5 Å². The summed E-state index contributed by atoms with van der Waals surface area (Å²) in [7, 11) is 1.15. The fourth-order valence-corrected chi connectivity index (χ4v) is 1.90. The topological polar surface area (TPSA) is 51.3 Å². The zero-order valence-corrected chi connectivity index (χ0v) is 10.8. The Labute approximate surface area is 112 Å². The van der Waals surface area contributed by atoms with Crippen LogP contribution >= 0.6 is 0 Å². The Bertz CT molecular complexity index is 646. The van der Waals surface area contributed by atoms with Crippen molar-refractivity contribution in [2.45, 2.75) is 19.5 Å². The molecule has 0 unspecified atom stereocenters. The number of aromatic amines is 1. The molecule has 0 saturated heterocycles. The summed E-state index contributed by atoms with van der Waals surface area (Å²) < 4.78 is 49.3. The first-order valence-electron chi connectivity index (χ1n) is 5.84. The lowest BCUT2D eigenvalue weighted by molar-refractivity contribution is -0.138. The monoisotopic (exact) mass is 287 g/mol. The van der Waals surface area contributed by atoms with Crippen LogP contribution in [-0.2, 0) is 11.0 Å². The number of alkyl halides is 3. The van der Waals surface area contributed by atoms with Crippen molar-refractivity contribution in [1.82, 2.24) is 4.98 Å². The molecule has 0 amide bonds. The highest BCUT2D eigenvalue weighted by Gasteiger charge is 2.38. The Morgan fingerprint density at radius 2 is 2.00 bits per heavy atom. The lowest BCUT2D eigenvalue weighted by Crippen LogP contribution is -2.10. The predicted octanol–water partition coefficient (Wildman–Crippen LogP) is 3.51. The molecule has 0 aliphatic carbocycles. The average molecular weight is 287 g/mol. The van der Waals surface area contributed by atoms with Gasteiger partial charge in [-0.3, -0.25) is 4.79 Å². The Morgan fingerprint density at radius 1 is 1.30 bits per heavy atom. The lowest BCUT2D eigenvalue weighted by Gasteiger charge is -2.14. The fraction of sp³-hybridized carbons (Fsp3) is 0.308. The summed E-state index contributed by atoms with van der Waals surface area (Å²) in [5.74, 6) is -1.08. The van der Waals surface area contributed by atoms with E-state index in [-0.39, 0.29) is 28.8 Å². The first-order valence-corrected chi connectivity index (χ1v) is 5.84. The van der Waals surface area contributed by atoms with Crippen molar-refractivity contribution >= 4 is 16.9 Å². The van der Waals surface area contributed by atoms with Crippen molar-refractivity contribution in [1.29, 1.82) is 0 Å². The summed E-state index contributed by atoms with van der Waals surface area (Å²) in [5.41, 5.74) is -0.741. The molecule has 20 heavy (non-hydrogen) atoms. The number of H-pyrrole nitrogens is 1. The summed E-state index contributed by atoms with van der Waals surface area (Å²) >= 11 is 0. The van der Waals surface area contributed by atoms with Gasteiger partial charge in [0.25, 0.3) is 0 Å². The molecule has 1 N–H and O–H groups in total. The zero-order chi connectivity index (χ0) is 14.9. The number of aromatic nitrogens is 1. The molecule has 1 aromatic carbocycles. The minimum Gasteiger partial charge on any atom is -0.496 e. The number of ether oxygens (including phenoxy) is 2. The van der Waals surface area contributed by atoms with Gasteiger partial charge in [0.05, 0.1) is 18.0 Å². The summed E-state index contributed by atoms with van der Waals surface area (Å²) in [6.45, 7) is 1.56. The molecule has 2 rings (SSSR count). The predicted molar refractivity (Wildman–Crippen MR) is 65.8 cm³/mol. The van der Waals surface area contributed by atoms with Crippen LogP contribution in [-0.4, -0.2) is 18.1 Å². The highest BCUT2D eigenvalue weighted by molar-refractivity contribution is 5.93. The number of carbonyl (C=O) groups excluding carboxylic acids is 1. The van der Waals surface area contributed by atoms with E-state index in [0.29, 0.717) is 0 Å². The Morgan fingerprint density at radius 3 is 2.55 bits per heavy atom. The van der Waals surface area contributed by atoms with E-state index in [4.69, 9.17) is 9.47 Å². The number of methoxy groups -OCH3 is 1. The molecule has 0 atom stereocenters. The van der Waals surface area contributed by atoms with Gasteiger partial charge in [0.1, 0.15) is 11.3 Å². The van der Waals surface area contributed by atoms with Gasteiger partial charge in [-0.25, -0.2) is 0 Å². The molecule has 0 radical (unpaired) electrons. The van der Waals surface area contributed by atoms with Gasteiger partial charge in [0, 0.05) is 12.6 Å². The smallest absolute Gasteiger partial charge is 0.420 e. The quantitative estimate of drug-likeness (QED) is 0.879. The van der Waals surface area contributed by atoms with E-state index in [1.54, 1.807) is 6.92 Å². The van der Waals surface area contributed by atoms with Crippen LogP contribution in [0.2, 0.25) is 0 Å². The van der Waals surface area contributed by atoms with Crippen molar-refractivity contribution in [2.24, 2.45) is 0 Å². The van der Waals surface area contributed by atoms with Crippen LogP contribution in [0.5, 0.6) is 11.5 Å². The molecule has 0 saturated carbocycles. The second-order valence-electron chi connectivity index (χ2n) is 4.04. The standard InChI is InChI=1S/C13H12F3NO3/c1-3-10(18)20-9-6-17-7-4-5-8(19-2)12(11(7)9)13(14,15)16/h4-6,17H,3H2,1-2H3. The number of benzene rings is 1. The summed E-state index contributed by atoms with van der Waals surface area (Å²) in [5, 5.41) is -0.210. The van der Waals surface area contributed by atoms with Gasteiger partial charge in [-0.05, 0) is 12.1 Å². The highest BCUT2D eigenvalue weighted by atomic mass is 19.4. The van der Waals surface area contributed by atoms with Crippen LogP contribution < -0.4 is 9.47 Å². The zero-order valence-electron chi connectivity index (χ0n) is 10.8. The Hall–Kier alpha value is -2.18. The van der Waals surface area contributed by atoms with Crippen molar-refractivity contribution in [3.05, 3.63) is 23.9 Å².